The Morgan fingerprint density at radius 3 is 2.58 bits per heavy atom. The van der Waals surface area contributed by atoms with E-state index in [1.807, 2.05) is 6.92 Å². The van der Waals surface area contributed by atoms with Gasteiger partial charge in [-0.3, -0.25) is 0 Å². The maximum Gasteiger partial charge on any atom is 0.573 e. The normalized spacial score (nSPS) is 13.3. The molecule has 108 valence electrons. The summed E-state index contributed by atoms with van der Waals surface area (Å²) in [6.07, 6.45) is -3.04. The predicted molar refractivity (Wildman–Crippen MR) is 69.2 cm³/mol. The van der Waals surface area contributed by atoms with Gasteiger partial charge in [0.2, 0.25) is 0 Å². The predicted octanol–water partition coefficient (Wildman–Crippen LogP) is 3.76. The highest BCUT2D eigenvalue weighted by Crippen LogP contribution is 2.27. The number of hydrogen-bond donors (Lipinski definition) is 1. The molecule has 0 saturated carbocycles. The van der Waals surface area contributed by atoms with Gasteiger partial charge < -0.3 is 10.1 Å². The smallest absolute Gasteiger partial charge is 0.406 e. The van der Waals surface area contributed by atoms with Crippen LogP contribution in [0.2, 0.25) is 0 Å². The van der Waals surface area contributed by atoms with Gasteiger partial charge in [0.15, 0.2) is 0 Å². The molecule has 0 aromatic heterocycles. The Morgan fingerprint density at radius 2 is 1.95 bits per heavy atom. The van der Waals surface area contributed by atoms with Crippen molar-refractivity contribution in [3.8, 4) is 5.75 Å². The van der Waals surface area contributed by atoms with Crippen LogP contribution in [-0.2, 0) is 6.42 Å². The molecule has 0 saturated heterocycles. The Kier molecular flexibility index (Phi) is 6.15. The highest BCUT2D eigenvalue weighted by Gasteiger charge is 2.32. The number of rotatable bonds is 7. The van der Waals surface area contributed by atoms with E-state index in [9.17, 15) is 13.2 Å². The molecule has 1 aromatic rings. The fourth-order valence-corrected chi connectivity index (χ4v) is 1.87. The minimum Gasteiger partial charge on any atom is -0.406 e. The fraction of sp³-hybridized carbons (Fsp3) is 0.571. The van der Waals surface area contributed by atoms with Gasteiger partial charge in [-0.15, -0.1) is 13.2 Å². The molecule has 0 aliphatic rings. The first-order valence-corrected chi connectivity index (χ1v) is 6.46. The van der Waals surface area contributed by atoms with Crippen LogP contribution in [0.25, 0.3) is 0 Å². The van der Waals surface area contributed by atoms with Crippen molar-refractivity contribution in [1.82, 2.24) is 5.32 Å². The van der Waals surface area contributed by atoms with Crippen molar-refractivity contribution in [3.05, 3.63) is 29.8 Å². The molecule has 2 nitrogen and oxygen atoms in total. The van der Waals surface area contributed by atoms with E-state index >= 15 is 0 Å². The van der Waals surface area contributed by atoms with E-state index in [4.69, 9.17) is 0 Å². The lowest BCUT2D eigenvalue weighted by Gasteiger charge is -2.16. The van der Waals surface area contributed by atoms with E-state index in [2.05, 4.69) is 17.0 Å². The van der Waals surface area contributed by atoms with Crippen molar-refractivity contribution in [2.45, 2.75) is 33.1 Å². The summed E-state index contributed by atoms with van der Waals surface area (Å²) in [4.78, 5) is 0. The number of benzene rings is 1. The molecule has 1 aromatic carbocycles. The summed E-state index contributed by atoms with van der Waals surface area (Å²) in [5.74, 6) is 0.155. The zero-order valence-corrected chi connectivity index (χ0v) is 11.3. The molecule has 1 unspecified atom stereocenters. The summed E-state index contributed by atoms with van der Waals surface area (Å²) in [6.45, 7) is 5.79. The quantitative estimate of drug-likeness (QED) is 0.765. The molecular formula is C14H20F3NO. The molecular weight excluding hydrogens is 255 g/mol. The molecule has 5 heteroatoms. The zero-order chi connectivity index (χ0) is 14.3. The largest absolute Gasteiger partial charge is 0.573 e. The lowest BCUT2D eigenvalue weighted by molar-refractivity contribution is -0.274. The molecule has 19 heavy (non-hydrogen) atoms. The SMILES string of the molecule is CCCNCC(C)Cc1ccccc1OC(F)(F)F. The second kappa shape index (κ2) is 7.38. The number of hydrogen-bond acceptors (Lipinski definition) is 2. The minimum absolute atomic E-state index is 0.0997. The molecule has 1 rings (SSSR count). The lowest BCUT2D eigenvalue weighted by atomic mass is 10.0. The van der Waals surface area contributed by atoms with Crippen LogP contribution in [0.15, 0.2) is 24.3 Å². The number of nitrogens with one attached hydrogen (secondary N) is 1. The van der Waals surface area contributed by atoms with E-state index in [0.29, 0.717) is 12.0 Å². The second-order valence-corrected chi connectivity index (χ2v) is 4.67. The van der Waals surface area contributed by atoms with Crippen LogP contribution in [-0.4, -0.2) is 19.5 Å². The number of alkyl halides is 3. The van der Waals surface area contributed by atoms with E-state index in [-0.39, 0.29) is 11.7 Å². The first-order chi connectivity index (χ1) is 8.92. The van der Waals surface area contributed by atoms with Gasteiger partial charge in [-0.25, -0.2) is 0 Å². The van der Waals surface area contributed by atoms with Crippen LogP contribution in [0, 0.1) is 5.92 Å². The third-order valence-electron chi connectivity index (χ3n) is 2.69. The van der Waals surface area contributed by atoms with Crippen molar-refractivity contribution in [2.75, 3.05) is 13.1 Å². The van der Waals surface area contributed by atoms with Gasteiger partial charge in [0, 0.05) is 0 Å². The number of ether oxygens (including phenoxy) is 1. The Bertz CT molecular complexity index is 379. The summed E-state index contributed by atoms with van der Waals surface area (Å²) >= 11 is 0. The Hall–Kier alpha value is -1.23. The van der Waals surface area contributed by atoms with E-state index in [0.717, 1.165) is 19.5 Å². The summed E-state index contributed by atoms with van der Waals surface area (Å²) in [6, 6.07) is 6.31. The third-order valence-corrected chi connectivity index (χ3v) is 2.69. The van der Waals surface area contributed by atoms with Gasteiger partial charge in [0.25, 0.3) is 0 Å². The van der Waals surface area contributed by atoms with Crippen molar-refractivity contribution in [2.24, 2.45) is 5.92 Å². The van der Waals surface area contributed by atoms with Crippen LogP contribution >= 0.6 is 0 Å². The van der Waals surface area contributed by atoms with Gasteiger partial charge in [-0.05, 0) is 43.5 Å². The standard InChI is InChI=1S/C14H20F3NO/c1-3-8-18-10-11(2)9-12-6-4-5-7-13(12)19-14(15,16)17/h4-7,11,18H,3,8-10H2,1-2H3. The number of halogens is 3. The summed E-state index contributed by atoms with van der Waals surface area (Å²) in [5.41, 5.74) is 0.589. The van der Waals surface area contributed by atoms with Gasteiger partial charge >= 0.3 is 6.36 Å². The number of para-hydroxylation sites is 1. The van der Waals surface area contributed by atoms with Crippen molar-refractivity contribution in [1.29, 1.82) is 0 Å². The maximum atomic E-state index is 12.3. The first kappa shape index (κ1) is 15.8. The van der Waals surface area contributed by atoms with Crippen molar-refractivity contribution >= 4 is 0 Å². The molecule has 0 aliphatic heterocycles. The highest BCUT2D eigenvalue weighted by molar-refractivity contribution is 5.33. The Morgan fingerprint density at radius 1 is 1.26 bits per heavy atom. The second-order valence-electron chi connectivity index (χ2n) is 4.67. The lowest BCUT2D eigenvalue weighted by Crippen LogP contribution is -2.24. The van der Waals surface area contributed by atoms with E-state index < -0.39 is 6.36 Å². The zero-order valence-electron chi connectivity index (χ0n) is 11.3. The molecule has 0 spiro atoms. The van der Waals surface area contributed by atoms with Crippen LogP contribution < -0.4 is 10.1 Å². The van der Waals surface area contributed by atoms with Crippen LogP contribution in [0.5, 0.6) is 5.75 Å². The third kappa shape index (κ3) is 6.47. The molecule has 1 atom stereocenters. The summed E-state index contributed by atoms with van der Waals surface area (Å²) < 4.78 is 40.9. The van der Waals surface area contributed by atoms with Gasteiger partial charge in [-0.2, -0.15) is 0 Å². The van der Waals surface area contributed by atoms with E-state index in [1.165, 1.54) is 6.07 Å². The van der Waals surface area contributed by atoms with Crippen molar-refractivity contribution < 1.29 is 17.9 Å². The van der Waals surface area contributed by atoms with Crippen LogP contribution in [0.1, 0.15) is 25.8 Å². The van der Waals surface area contributed by atoms with E-state index in [1.54, 1.807) is 18.2 Å². The molecule has 0 bridgehead atoms. The van der Waals surface area contributed by atoms with Crippen molar-refractivity contribution in [3.63, 3.8) is 0 Å². The molecule has 0 heterocycles. The summed E-state index contributed by atoms with van der Waals surface area (Å²) in [7, 11) is 0. The monoisotopic (exact) mass is 275 g/mol. The average molecular weight is 275 g/mol. The maximum absolute atomic E-state index is 12.3. The van der Waals surface area contributed by atoms with Crippen LogP contribution in [0.3, 0.4) is 0 Å². The molecule has 0 radical (unpaired) electrons. The minimum atomic E-state index is -4.64. The fourth-order valence-electron chi connectivity index (χ4n) is 1.87. The Labute approximate surface area is 112 Å². The topological polar surface area (TPSA) is 21.3 Å². The first-order valence-electron chi connectivity index (χ1n) is 6.46. The summed E-state index contributed by atoms with van der Waals surface area (Å²) in [5, 5.41) is 3.26. The molecule has 1 N–H and O–H groups in total. The average Bonchev–Trinajstić information content (AvgIpc) is 2.30. The van der Waals surface area contributed by atoms with Gasteiger partial charge in [0.05, 0.1) is 0 Å². The van der Waals surface area contributed by atoms with Gasteiger partial charge in [0.1, 0.15) is 5.75 Å². The molecule has 0 aliphatic carbocycles. The van der Waals surface area contributed by atoms with Gasteiger partial charge in [-0.1, -0.05) is 32.0 Å². The highest BCUT2D eigenvalue weighted by atomic mass is 19.4. The molecule has 0 fully saturated rings. The van der Waals surface area contributed by atoms with Crippen LogP contribution in [0.4, 0.5) is 13.2 Å². The molecule has 0 amide bonds. The Balaban J connectivity index is 2.62.